The van der Waals surface area contributed by atoms with Crippen LogP contribution in [0.25, 0.3) is 42.4 Å². The van der Waals surface area contributed by atoms with E-state index in [9.17, 15) is 0 Å². The van der Waals surface area contributed by atoms with E-state index in [1.807, 2.05) is 18.6 Å². The molecule has 0 bridgehead atoms. The van der Waals surface area contributed by atoms with Crippen LogP contribution in [0, 0.1) is 0 Å². The number of thiophene rings is 1. The molecule has 0 amide bonds. The largest absolute Gasteiger partial charge is 0.379 e. The second-order valence-corrected chi connectivity index (χ2v) is 11.6. The lowest BCUT2D eigenvalue weighted by atomic mass is 9.99. The molecule has 7 aromatic rings. The van der Waals surface area contributed by atoms with Crippen molar-refractivity contribution in [2.45, 2.75) is 13.1 Å². The monoisotopic (exact) mass is 554 g/mol. The zero-order valence-electron chi connectivity index (χ0n) is 21.7. The molecule has 4 aromatic carbocycles. The van der Waals surface area contributed by atoms with Crippen molar-refractivity contribution < 1.29 is 0 Å². The molecule has 0 aliphatic heterocycles. The number of benzene rings is 4. The first-order valence-electron chi connectivity index (χ1n) is 13.2. The Balaban J connectivity index is 1.12. The quantitative estimate of drug-likeness (QED) is 0.204. The summed E-state index contributed by atoms with van der Waals surface area (Å²) in [7, 11) is 0. The summed E-state index contributed by atoms with van der Waals surface area (Å²) in [5, 5.41) is 6.79. The lowest BCUT2D eigenvalue weighted by molar-refractivity contribution is 0.749. The maximum Gasteiger partial charge on any atom is 0.125 e. The fourth-order valence-electron chi connectivity index (χ4n) is 4.93. The van der Waals surface area contributed by atoms with E-state index in [-0.39, 0.29) is 0 Å². The normalized spacial score (nSPS) is 11.2. The van der Waals surface area contributed by atoms with Gasteiger partial charge in [-0.25, -0.2) is 9.97 Å². The van der Waals surface area contributed by atoms with Crippen LogP contribution in [0.1, 0.15) is 11.3 Å². The molecule has 0 aliphatic rings. The number of anilines is 1. The van der Waals surface area contributed by atoms with Crippen LogP contribution in [-0.4, -0.2) is 14.5 Å². The van der Waals surface area contributed by atoms with Crippen molar-refractivity contribution in [2.75, 3.05) is 5.32 Å². The van der Waals surface area contributed by atoms with E-state index in [1.54, 1.807) is 22.7 Å². The van der Waals surface area contributed by atoms with Crippen LogP contribution in [0.4, 0.5) is 5.69 Å². The summed E-state index contributed by atoms with van der Waals surface area (Å²) in [6.07, 6.45) is 3.86. The van der Waals surface area contributed by atoms with Crippen molar-refractivity contribution in [1.82, 2.24) is 14.5 Å². The van der Waals surface area contributed by atoms with Gasteiger partial charge in [0.1, 0.15) is 5.01 Å². The molecule has 4 nitrogen and oxygen atoms in total. The van der Waals surface area contributed by atoms with Crippen molar-refractivity contribution in [3.63, 3.8) is 0 Å². The highest BCUT2D eigenvalue weighted by Gasteiger charge is 2.13. The van der Waals surface area contributed by atoms with Crippen molar-refractivity contribution >= 4 is 38.6 Å². The van der Waals surface area contributed by atoms with Gasteiger partial charge in [-0.3, -0.25) is 0 Å². The van der Waals surface area contributed by atoms with E-state index in [0.29, 0.717) is 6.54 Å². The first-order chi connectivity index (χ1) is 19.8. The standard InChI is InChI=1S/C34H26N4S2/c1-2-7-25(8-3-1)30-19-27(16-17-29(30)34-37-31-9-4-5-10-33(31)40-34)36-21-28-20-35-23-38(28)22-24-12-14-26(15-13-24)32-11-6-18-39-32/h1-20,23,36H,21-22H2. The summed E-state index contributed by atoms with van der Waals surface area (Å²) < 4.78 is 3.41. The summed E-state index contributed by atoms with van der Waals surface area (Å²) in [4.78, 5) is 10.7. The molecule has 0 radical (unpaired) electrons. The number of nitrogens with zero attached hydrogens (tertiary/aromatic N) is 3. The lowest BCUT2D eigenvalue weighted by Crippen LogP contribution is -2.08. The Kier molecular flexibility index (Phi) is 6.70. The number of thiazole rings is 1. The Morgan fingerprint density at radius 3 is 2.42 bits per heavy atom. The first kappa shape index (κ1) is 24.5. The van der Waals surface area contributed by atoms with Crippen LogP contribution < -0.4 is 5.32 Å². The van der Waals surface area contributed by atoms with E-state index in [0.717, 1.165) is 34.0 Å². The maximum atomic E-state index is 4.94. The van der Waals surface area contributed by atoms with Crippen molar-refractivity contribution in [3.05, 3.63) is 138 Å². The molecule has 6 heteroatoms. The van der Waals surface area contributed by atoms with Gasteiger partial charge in [-0.1, -0.05) is 72.8 Å². The van der Waals surface area contributed by atoms with E-state index in [2.05, 4.69) is 123 Å². The third-order valence-corrected chi connectivity index (χ3v) is 9.00. The Bertz CT molecular complexity index is 1830. The molecule has 0 saturated carbocycles. The highest BCUT2D eigenvalue weighted by atomic mass is 32.1. The predicted molar refractivity (Wildman–Crippen MR) is 169 cm³/mol. The minimum atomic E-state index is 0.683. The fraction of sp³-hybridized carbons (Fsp3) is 0.0588. The van der Waals surface area contributed by atoms with Crippen LogP contribution >= 0.6 is 22.7 Å². The van der Waals surface area contributed by atoms with E-state index < -0.39 is 0 Å². The molecule has 40 heavy (non-hydrogen) atoms. The zero-order valence-corrected chi connectivity index (χ0v) is 23.3. The molecule has 3 aromatic heterocycles. The second kappa shape index (κ2) is 10.9. The van der Waals surface area contributed by atoms with E-state index in [4.69, 9.17) is 4.98 Å². The molecular formula is C34H26N4S2. The first-order valence-corrected chi connectivity index (χ1v) is 14.9. The molecule has 7 rings (SSSR count). The van der Waals surface area contributed by atoms with Gasteiger partial charge >= 0.3 is 0 Å². The van der Waals surface area contributed by atoms with Gasteiger partial charge in [0.15, 0.2) is 0 Å². The Morgan fingerprint density at radius 1 is 0.750 bits per heavy atom. The van der Waals surface area contributed by atoms with Gasteiger partial charge in [-0.2, -0.15) is 0 Å². The average Bonchev–Trinajstić information content (AvgIpc) is 3.78. The van der Waals surface area contributed by atoms with Gasteiger partial charge < -0.3 is 9.88 Å². The number of hydrogen-bond acceptors (Lipinski definition) is 5. The van der Waals surface area contributed by atoms with Crippen molar-refractivity contribution in [2.24, 2.45) is 0 Å². The molecular weight excluding hydrogens is 529 g/mol. The lowest BCUT2D eigenvalue weighted by Gasteiger charge is -2.14. The summed E-state index contributed by atoms with van der Waals surface area (Å²) in [5.74, 6) is 0. The SMILES string of the molecule is c1ccc(-c2cc(NCc3cncn3Cc3ccc(-c4cccs4)cc3)ccc2-c2nc3ccccc3s2)cc1. The van der Waals surface area contributed by atoms with Crippen molar-refractivity contribution in [3.8, 4) is 32.1 Å². The third-order valence-electron chi connectivity index (χ3n) is 7.01. The zero-order chi connectivity index (χ0) is 26.7. The minimum Gasteiger partial charge on any atom is -0.379 e. The van der Waals surface area contributed by atoms with Crippen LogP contribution in [-0.2, 0) is 13.1 Å². The van der Waals surface area contributed by atoms with Gasteiger partial charge in [-0.15, -0.1) is 22.7 Å². The molecule has 0 atom stereocenters. The maximum absolute atomic E-state index is 4.94. The number of aromatic nitrogens is 3. The van der Waals surface area contributed by atoms with Crippen molar-refractivity contribution in [1.29, 1.82) is 0 Å². The Hall–Kier alpha value is -4.52. The number of hydrogen-bond donors (Lipinski definition) is 1. The highest BCUT2D eigenvalue weighted by Crippen LogP contribution is 2.38. The average molecular weight is 555 g/mol. The predicted octanol–water partition coefficient (Wildman–Crippen LogP) is 9.22. The van der Waals surface area contributed by atoms with Crippen LogP contribution in [0.15, 0.2) is 127 Å². The second-order valence-electron chi connectivity index (χ2n) is 9.65. The number of fused-ring (bicyclic) bond motifs is 1. The van der Waals surface area contributed by atoms with Crippen LogP contribution in [0.2, 0.25) is 0 Å². The van der Waals surface area contributed by atoms with Gasteiger partial charge in [-0.05, 0) is 64.0 Å². The topological polar surface area (TPSA) is 42.7 Å². The smallest absolute Gasteiger partial charge is 0.125 e. The summed E-state index contributed by atoms with van der Waals surface area (Å²) in [6.45, 7) is 1.47. The van der Waals surface area contributed by atoms with Crippen LogP contribution in [0.5, 0.6) is 0 Å². The molecule has 0 spiro atoms. The highest BCUT2D eigenvalue weighted by molar-refractivity contribution is 7.21. The van der Waals surface area contributed by atoms with Gasteiger partial charge in [0, 0.05) is 28.9 Å². The number of imidazole rings is 1. The number of para-hydroxylation sites is 1. The number of rotatable bonds is 8. The summed E-state index contributed by atoms with van der Waals surface area (Å²) in [6, 6.07) is 38.5. The Morgan fingerprint density at radius 2 is 1.60 bits per heavy atom. The molecule has 0 unspecified atom stereocenters. The molecule has 3 heterocycles. The summed E-state index contributed by atoms with van der Waals surface area (Å²) >= 11 is 3.50. The van der Waals surface area contributed by atoms with Gasteiger partial charge in [0.25, 0.3) is 0 Å². The van der Waals surface area contributed by atoms with Crippen LogP contribution in [0.3, 0.4) is 0 Å². The minimum absolute atomic E-state index is 0.683. The molecule has 194 valence electrons. The Labute approximate surface area is 241 Å². The van der Waals surface area contributed by atoms with E-state index in [1.165, 1.54) is 31.8 Å². The molecule has 0 fully saturated rings. The fourth-order valence-corrected chi connectivity index (χ4v) is 6.67. The molecule has 0 saturated heterocycles. The van der Waals surface area contributed by atoms with E-state index >= 15 is 0 Å². The molecule has 0 aliphatic carbocycles. The van der Waals surface area contributed by atoms with Gasteiger partial charge in [0.2, 0.25) is 0 Å². The number of nitrogens with one attached hydrogen (secondary N) is 1. The molecule has 1 N–H and O–H groups in total. The third kappa shape index (κ3) is 5.07. The van der Waals surface area contributed by atoms with Gasteiger partial charge in [0.05, 0.1) is 28.8 Å². The summed E-state index contributed by atoms with van der Waals surface area (Å²) in [5.41, 5.74) is 9.25.